The molecule has 0 radical (unpaired) electrons. The zero-order valence-corrected chi connectivity index (χ0v) is 17.5. The van der Waals surface area contributed by atoms with Crippen molar-refractivity contribution in [3.8, 4) is 5.75 Å². The molecule has 0 aliphatic carbocycles. The number of rotatable bonds is 5. The third kappa shape index (κ3) is 4.63. The number of aromatic nitrogens is 1. The summed E-state index contributed by atoms with van der Waals surface area (Å²) in [5, 5.41) is 0. The number of piperidine rings is 1. The van der Waals surface area contributed by atoms with Crippen molar-refractivity contribution in [2.75, 3.05) is 22.9 Å². The summed E-state index contributed by atoms with van der Waals surface area (Å²) < 4.78 is 41.0. The molecule has 32 heavy (non-hydrogen) atoms. The number of hydrogen-bond donors (Lipinski definition) is 0. The molecule has 4 rings (SSSR count). The summed E-state index contributed by atoms with van der Waals surface area (Å²) in [5.74, 6) is -0.0120. The smallest absolute Gasteiger partial charge is 0.406 e. The number of carbonyl (C=O) groups excluding carboxylic acids is 2. The molecule has 1 aromatic heterocycles. The zero-order chi connectivity index (χ0) is 22.9. The first-order valence-electron chi connectivity index (χ1n) is 10.4. The third-order valence-electron chi connectivity index (χ3n) is 5.65. The molecule has 170 valence electrons. The van der Waals surface area contributed by atoms with Crippen molar-refractivity contribution in [1.29, 1.82) is 0 Å². The lowest BCUT2D eigenvalue weighted by atomic mass is 10.1. The van der Waals surface area contributed by atoms with E-state index in [2.05, 4.69) is 14.6 Å². The van der Waals surface area contributed by atoms with Crippen LogP contribution in [0.3, 0.4) is 0 Å². The second-order valence-corrected chi connectivity index (χ2v) is 7.87. The SMILES string of the molecule is CC1C(=O)N(c2ccc(OC(F)(F)F)cc2)C(=O)N1Cc1ccnc(N2CCCCC2)c1. The number of anilines is 2. The van der Waals surface area contributed by atoms with Crippen LogP contribution in [0.2, 0.25) is 0 Å². The van der Waals surface area contributed by atoms with E-state index in [1.165, 1.54) is 23.5 Å². The van der Waals surface area contributed by atoms with Crippen LogP contribution in [0.25, 0.3) is 0 Å². The predicted molar refractivity (Wildman–Crippen MR) is 111 cm³/mol. The minimum Gasteiger partial charge on any atom is -0.406 e. The van der Waals surface area contributed by atoms with Gasteiger partial charge < -0.3 is 14.5 Å². The lowest BCUT2D eigenvalue weighted by molar-refractivity contribution is -0.274. The number of hydrogen-bond acceptors (Lipinski definition) is 5. The molecule has 3 heterocycles. The van der Waals surface area contributed by atoms with Gasteiger partial charge in [-0.1, -0.05) is 0 Å². The fraction of sp³-hybridized carbons (Fsp3) is 0.409. The highest BCUT2D eigenvalue weighted by Gasteiger charge is 2.43. The summed E-state index contributed by atoms with van der Waals surface area (Å²) in [6.07, 6.45) is 0.317. The highest BCUT2D eigenvalue weighted by molar-refractivity contribution is 6.21. The van der Waals surface area contributed by atoms with Crippen molar-refractivity contribution in [2.45, 2.75) is 45.1 Å². The van der Waals surface area contributed by atoms with Crippen LogP contribution in [-0.2, 0) is 11.3 Å². The van der Waals surface area contributed by atoms with Gasteiger partial charge in [0.1, 0.15) is 17.6 Å². The van der Waals surface area contributed by atoms with E-state index in [4.69, 9.17) is 0 Å². The summed E-state index contributed by atoms with van der Waals surface area (Å²) in [7, 11) is 0. The van der Waals surface area contributed by atoms with Gasteiger partial charge in [0, 0.05) is 25.8 Å². The second-order valence-electron chi connectivity index (χ2n) is 7.87. The summed E-state index contributed by atoms with van der Waals surface area (Å²) in [5.41, 5.74) is 1.04. The molecule has 10 heteroatoms. The van der Waals surface area contributed by atoms with E-state index < -0.39 is 30.1 Å². The highest BCUT2D eigenvalue weighted by Crippen LogP contribution is 2.30. The zero-order valence-electron chi connectivity index (χ0n) is 17.5. The van der Waals surface area contributed by atoms with Crippen LogP contribution >= 0.6 is 0 Å². The first-order valence-corrected chi connectivity index (χ1v) is 10.4. The van der Waals surface area contributed by atoms with Gasteiger partial charge in [0.15, 0.2) is 0 Å². The van der Waals surface area contributed by atoms with E-state index in [9.17, 15) is 22.8 Å². The molecule has 1 unspecified atom stereocenters. The van der Waals surface area contributed by atoms with Crippen molar-refractivity contribution in [3.63, 3.8) is 0 Å². The number of urea groups is 1. The maximum absolute atomic E-state index is 13.0. The fourth-order valence-corrected chi connectivity index (χ4v) is 4.00. The van der Waals surface area contributed by atoms with E-state index in [0.717, 1.165) is 54.3 Å². The molecular formula is C22H23F3N4O3. The van der Waals surface area contributed by atoms with Gasteiger partial charge in [0.05, 0.1) is 5.69 Å². The van der Waals surface area contributed by atoms with Crippen molar-refractivity contribution in [2.24, 2.45) is 0 Å². The van der Waals surface area contributed by atoms with Gasteiger partial charge in [-0.3, -0.25) is 4.79 Å². The minimum absolute atomic E-state index is 0.188. The average Bonchev–Trinajstić information content (AvgIpc) is 2.97. The van der Waals surface area contributed by atoms with E-state index in [1.807, 2.05) is 12.1 Å². The molecule has 2 aliphatic heterocycles. The predicted octanol–water partition coefficient (Wildman–Crippen LogP) is 4.33. The Hall–Kier alpha value is -3.30. The van der Waals surface area contributed by atoms with Gasteiger partial charge in [-0.05, 0) is 68.1 Å². The maximum Gasteiger partial charge on any atom is 0.573 e. The Kier molecular flexibility index (Phi) is 5.94. The molecule has 2 aromatic rings. The number of pyridine rings is 1. The molecule has 1 aromatic carbocycles. The first-order chi connectivity index (χ1) is 15.2. The van der Waals surface area contributed by atoms with E-state index in [1.54, 1.807) is 13.1 Å². The van der Waals surface area contributed by atoms with Gasteiger partial charge in [0.2, 0.25) is 0 Å². The summed E-state index contributed by atoms with van der Waals surface area (Å²) >= 11 is 0. The van der Waals surface area contributed by atoms with Crippen molar-refractivity contribution < 1.29 is 27.5 Å². The van der Waals surface area contributed by atoms with Crippen molar-refractivity contribution >= 4 is 23.4 Å². The Morgan fingerprint density at radius 3 is 2.41 bits per heavy atom. The highest BCUT2D eigenvalue weighted by atomic mass is 19.4. The quantitative estimate of drug-likeness (QED) is 0.637. The van der Waals surface area contributed by atoms with Crippen molar-refractivity contribution in [3.05, 3.63) is 48.2 Å². The standard InChI is InChI=1S/C22H23F3N4O3/c1-15-20(30)29(17-5-7-18(8-6-17)32-22(23,24)25)21(31)28(15)14-16-9-10-26-19(13-16)27-11-3-2-4-12-27/h5-10,13,15H,2-4,11-12,14H2,1H3. The van der Waals surface area contributed by atoms with E-state index in [-0.39, 0.29) is 12.2 Å². The fourth-order valence-electron chi connectivity index (χ4n) is 4.00. The maximum atomic E-state index is 13.0. The first kappa shape index (κ1) is 21.9. The van der Waals surface area contributed by atoms with Gasteiger partial charge >= 0.3 is 12.4 Å². The molecular weight excluding hydrogens is 425 g/mol. The number of alkyl halides is 3. The van der Waals surface area contributed by atoms with E-state index >= 15 is 0 Å². The topological polar surface area (TPSA) is 66.0 Å². The molecule has 2 fully saturated rings. The molecule has 2 aliphatic rings. The van der Waals surface area contributed by atoms with Gasteiger partial charge in [-0.25, -0.2) is 14.7 Å². The summed E-state index contributed by atoms with van der Waals surface area (Å²) in [6, 6.07) is 7.17. The van der Waals surface area contributed by atoms with Gasteiger partial charge in [0.25, 0.3) is 5.91 Å². The van der Waals surface area contributed by atoms with Crippen LogP contribution in [0.15, 0.2) is 42.6 Å². The summed E-state index contributed by atoms with van der Waals surface area (Å²) in [6.45, 7) is 3.74. The minimum atomic E-state index is -4.82. The molecule has 0 bridgehead atoms. The van der Waals surface area contributed by atoms with E-state index in [0.29, 0.717) is 0 Å². The Morgan fingerprint density at radius 2 is 1.75 bits per heavy atom. The molecule has 0 N–H and O–H groups in total. The average molecular weight is 448 g/mol. The summed E-state index contributed by atoms with van der Waals surface area (Å²) in [4.78, 5) is 34.9. The molecule has 1 atom stereocenters. The number of imide groups is 1. The molecule has 2 saturated heterocycles. The molecule has 0 spiro atoms. The lowest BCUT2D eigenvalue weighted by Gasteiger charge is -2.28. The monoisotopic (exact) mass is 448 g/mol. The van der Waals surface area contributed by atoms with Crippen LogP contribution in [0.1, 0.15) is 31.7 Å². The molecule has 0 saturated carbocycles. The van der Waals surface area contributed by atoms with Crippen LogP contribution in [0, 0.1) is 0 Å². The Bertz CT molecular complexity index is 991. The van der Waals surface area contributed by atoms with Crippen LogP contribution < -0.4 is 14.5 Å². The Balaban J connectivity index is 1.49. The third-order valence-corrected chi connectivity index (χ3v) is 5.65. The number of ether oxygens (including phenoxy) is 1. The Labute approximate surface area is 183 Å². The Morgan fingerprint density at radius 1 is 1.06 bits per heavy atom. The van der Waals surface area contributed by atoms with Crippen molar-refractivity contribution in [1.82, 2.24) is 9.88 Å². The van der Waals surface area contributed by atoms with Crippen LogP contribution in [0.5, 0.6) is 5.75 Å². The number of nitrogens with zero attached hydrogens (tertiary/aromatic N) is 4. The number of amides is 3. The van der Waals surface area contributed by atoms with Crippen LogP contribution in [0.4, 0.5) is 29.5 Å². The van der Waals surface area contributed by atoms with Crippen LogP contribution in [-0.4, -0.2) is 47.3 Å². The normalized spacial score (nSPS) is 19.6. The lowest BCUT2D eigenvalue weighted by Crippen LogP contribution is -2.34. The molecule has 3 amide bonds. The molecule has 7 nitrogen and oxygen atoms in total. The van der Waals surface area contributed by atoms with Gasteiger partial charge in [-0.15, -0.1) is 13.2 Å². The number of benzene rings is 1. The number of carbonyl (C=O) groups is 2. The second kappa shape index (κ2) is 8.68. The van der Waals surface area contributed by atoms with Gasteiger partial charge in [-0.2, -0.15) is 0 Å². The number of halogens is 3. The largest absolute Gasteiger partial charge is 0.573 e.